The highest BCUT2D eigenvalue weighted by atomic mass is 32.2. The number of carbonyl (C=O) groups is 2. The van der Waals surface area contributed by atoms with Crippen molar-refractivity contribution in [2.24, 2.45) is 0 Å². The van der Waals surface area contributed by atoms with Gasteiger partial charge in [-0.05, 0) is 35.2 Å². The number of thioether (sulfide) groups is 1. The lowest BCUT2D eigenvalue weighted by atomic mass is 10.2. The minimum atomic E-state index is -0.387. The van der Waals surface area contributed by atoms with Gasteiger partial charge in [-0.3, -0.25) is 15.4 Å². The molecule has 0 unspecified atom stereocenters. The van der Waals surface area contributed by atoms with Gasteiger partial charge in [0.25, 0.3) is 0 Å². The van der Waals surface area contributed by atoms with Crippen LogP contribution < -0.4 is 25.4 Å². The average Bonchev–Trinajstić information content (AvgIpc) is 3.46. The SMILES string of the molecule is O=C(CSc1nnc(NC(=O)Nc2cccs2)s1)NCc1ccc2c(c1)OCO2. The van der Waals surface area contributed by atoms with Gasteiger partial charge < -0.3 is 14.8 Å². The average molecular weight is 450 g/mol. The lowest BCUT2D eigenvalue weighted by molar-refractivity contribution is -0.118. The zero-order valence-electron chi connectivity index (χ0n) is 14.8. The maximum atomic E-state index is 12.1. The van der Waals surface area contributed by atoms with Gasteiger partial charge in [-0.2, -0.15) is 0 Å². The van der Waals surface area contributed by atoms with Crippen LogP contribution in [0.15, 0.2) is 40.1 Å². The third-order valence-electron chi connectivity index (χ3n) is 3.64. The van der Waals surface area contributed by atoms with E-state index in [4.69, 9.17) is 9.47 Å². The molecule has 12 heteroatoms. The number of fused-ring (bicyclic) bond motifs is 1. The van der Waals surface area contributed by atoms with Crippen molar-refractivity contribution in [2.75, 3.05) is 23.2 Å². The molecule has 150 valence electrons. The second kappa shape index (κ2) is 9.11. The first-order valence-corrected chi connectivity index (χ1v) is 11.1. The molecule has 3 aromatic rings. The van der Waals surface area contributed by atoms with Crippen LogP contribution in [0, 0.1) is 0 Å². The van der Waals surface area contributed by atoms with Gasteiger partial charge in [0.1, 0.15) is 0 Å². The Bertz CT molecular complexity index is 1010. The summed E-state index contributed by atoms with van der Waals surface area (Å²) in [4.78, 5) is 24.0. The van der Waals surface area contributed by atoms with E-state index in [0.29, 0.717) is 27.5 Å². The van der Waals surface area contributed by atoms with Crippen molar-refractivity contribution in [3.05, 3.63) is 41.3 Å². The summed E-state index contributed by atoms with van der Waals surface area (Å²) < 4.78 is 11.2. The van der Waals surface area contributed by atoms with Gasteiger partial charge in [0.2, 0.25) is 17.8 Å². The van der Waals surface area contributed by atoms with Gasteiger partial charge in [0.05, 0.1) is 10.8 Å². The zero-order valence-corrected chi connectivity index (χ0v) is 17.3. The van der Waals surface area contributed by atoms with E-state index in [2.05, 4.69) is 26.1 Å². The van der Waals surface area contributed by atoms with Gasteiger partial charge in [-0.25, -0.2) is 4.79 Å². The van der Waals surface area contributed by atoms with Crippen LogP contribution in [0.5, 0.6) is 11.5 Å². The number of amides is 3. The maximum absolute atomic E-state index is 12.1. The van der Waals surface area contributed by atoms with Crippen LogP contribution >= 0.6 is 34.4 Å². The normalized spacial score (nSPS) is 11.9. The number of aromatic nitrogens is 2. The monoisotopic (exact) mass is 449 g/mol. The largest absolute Gasteiger partial charge is 0.454 e. The van der Waals surface area contributed by atoms with E-state index < -0.39 is 0 Å². The van der Waals surface area contributed by atoms with Gasteiger partial charge >= 0.3 is 6.03 Å². The van der Waals surface area contributed by atoms with Crippen molar-refractivity contribution >= 4 is 56.5 Å². The van der Waals surface area contributed by atoms with Crippen molar-refractivity contribution in [3.63, 3.8) is 0 Å². The maximum Gasteiger partial charge on any atom is 0.326 e. The number of nitrogens with zero attached hydrogens (tertiary/aromatic N) is 2. The molecule has 2 aromatic heterocycles. The summed E-state index contributed by atoms with van der Waals surface area (Å²) in [6.07, 6.45) is 0. The zero-order chi connectivity index (χ0) is 20.1. The Morgan fingerprint density at radius 2 is 2.03 bits per heavy atom. The second-order valence-corrected chi connectivity index (χ2v) is 8.83. The summed E-state index contributed by atoms with van der Waals surface area (Å²) in [7, 11) is 0. The lowest BCUT2D eigenvalue weighted by Crippen LogP contribution is -2.24. The smallest absolute Gasteiger partial charge is 0.326 e. The van der Waals surface area contributed by atoms with Gasteiger partial charge in [0, 0.05) is 6.54 Å². The van der Waals surface area contributed by atoms with Crippen LogP contribution in [0.1, 0.15) is 5.56 Å². The summed E-state index contributed by atoms with van der Waals surface area (Å²) in [5.41, 5.74) is 0.923. The van der Waals surface area contributed by atoms with E-state index in [0.717, 1.165) is 10.6 Å². The summed E-state index contributed by atoms with van der Waals surface area (Å²) in [6.45, 7) is 0.609. The Labute approximate surface area is 177 Å². The highest BCUT2D eigenvalue weighted by Crippen LogP contribution is 2.32. The third-order valence-corrected chi connectivity index (χ3v) is 6.40. The van der Waals surface area contributed by atoms with Crippen molar-refractivity contribution in [3.8, 4) is 11.5 Å². The molecule has 0 spiro atoms. The highest BCUT2D eigenvalue weighted by molar-refractivity contribution is 8.01. The number of nitrogens with one attached hydrogen (secondary N) is 3. The van der Waals surface area contributed by atoms with E-state index in [1.807, 2.05) is 29.6 Å². The number of anilines is 2. The molecule has 0 atom stereocenters. The topological polar surface area (TPSA) is 114 Å². The first-order valence-electron chi connectivity index (χ1n) is 8.39. The van der Waals surface area contributed by atoms with E-state index in [-0.39, 0.29) is 24.5 Å². The quantitative estimate of drug-likeness (QED) is 0.374. The molecule has 0 saturated heterocycles. The number of rotatable bonds is 7. The number of benzene rings is 1. The molecule has 4 rings (SSSR count). The standard InChI is InChI=1S/C17H15N5O4S3/c23-13(18-7-10-3-4-11-12(6-10)26-9-25-11)8-28-17-22-21-16(29-17)20-15(24)19-14-2-1-5-27-14/h1-6H,7-9H2,(H,18,23)(H2,19,20,21,24). The van der Waals surface area contributed by atoms with Crippen molar-refractivity contribution in [1.29, 1.82) is 0 Å². The lowest BCUT2D eigenvalue weighted by Gasteiger charge is -2.05. The Morgan fingerprint density at radius 1 is 1.14 bits per heavy atom. The fourth-order valence-electron chi connectivity index (χ4n) is 2.34. The molecule has 3 N–H and O–H groups in total. The number of hydrogen-bond acceptors (Lipinski definition) is 9. The van der Waals surface area contributed by atoms with Crippen LogP contribution in [0.25, 0.3) is 0 Å². The first-order chi connectivity index (χ1) is 14.2. The van der Waals surface area contributed by atoms with Crippen molar-refractivity contribution < 1.29 is 19.1 Å². The van der Waals surface area contributed by atoms with E-state index in [1.165, 1.54) is 34.4 Å². The van der Waals surface area contributed by atoms with E-state index in [1.54, 1.807) is 6.07 Å². The van der Waals surface area contributed by atoms with Crippen molar-refractivity contribution in [1.82, 2.24) is 15.5 Å². The van der Waals surface area contributed by atoms with Gasteiger partial charge in [-0.15, -0.1) is 21.5 Å². The minimum Gasteiger partial charge on any atom is -0.454 e. The molecule has 29 heavy (non-hydrogen) atoms. The van der Waals surface area contributed by atoms with Crippen LogP contribution in [-0.2, 0) is 11.3 Å². The van der Waals surface area contributed by atoms with Crippen LogP contribution in [-0.4, -0.2) is 34.7 Å². The molecular formula is C17H15N5O4S3. The third kappa shape index (κ3) is 5.37. The Hall–Kier alpha value is -2.83. The van der Waals surface area contributed by atoms with E-state index >= 15 is 0 Å². The molecule has 1 aliphatic heterocycles. The summed E-state index contributed by atoms with van der Waals surface area (Å²) in [5, 5.41) is 19.0. The Balaban J connectivity index is 1.20. The highest BCUT2D eigenvalue weighted by Gasteiger charge is 2.14. The molecule has 0 bridgehead atoms. The van der Waals surface area contributed by atoms with E-state index in [9.17, 15) is 9.59 Å². The van der Waals surface area contributed by atoms with Gasteiger partial charge in [-0.1, -0.05) is 29.2 Å². The number of ether oxygens (including phenoxy) is 2. The Morgan fingerprint density at radius 3 is 2.90 bits per heavy atom. The van der Waals surface area contributed by atoms with Crippen LogP contribution in [0.3, 0.4) is 0 Å². The summed E-state index contributed by atoms with van der Waals surface area (Å²) >= 11 is 3.88. The number of urea groups is 1. The molecule has 0 saturated carbocycles. The molecule has 1 aromatic carbocycles. The number of hydrogen-bond donors (Lipinski definition) is 3. The van der Waals surface area contributed by atoms with Gasteiger partial charge in [0.15, 0.2) is 15.8 Å². The molecule has 1 aliphatic rings. The predicted molar refractivity (Wildman–Crippen MR) is 112 cm³/mol. The fraction of sp³-hybridized carbons (Fsp3) is 0.176. The Kier molecular flexibility index (Phi) is 6.12. The molecule has 0 aliphatic carbocycles. The summed E-state index contributed by atoms with van der Waals surface area (Å²) in [5.74, 6) is 1.46. The summed E-state index contributed by atoms with van der Waals surface area (Å²) in [6, 6.07) is 8.81. The molecule has 3 amide bonds. The molecule has 9 nitrogen and oxygen atoms in total. The fourth-order valence-corrected chi connectivity index (χ4v) is 4.53. The second-order valence-electron chi connectivity index (χ2n) is 5.68. The van der Waals surface area contributed by atoms with Crippen LogP contribution in [0.4, 0.5) is 14.9 Å². The van der Waals surface area contributed by atoms with Crippen molar-refractivity contribution in [2.45, 2.75) is 10.9 Å². The molecular weight excluding hydrogens is 434 g/mol. The first kappa shape index (κ1) is 19.5. The predicted octanol–water partition coefficient (Wildman–Crippen LogP) is 3.38. The molecule has 0 radical (unpaired) electrons. The number of thiophene rings is 1. The molecule has 0 fully saturated rings. The molecule has 3 heterocycles. The minimum absolute atomic E-state index is 0.132. The number of carbonyl (C=O) groups excluding carboxylic acids is 2. The van der Waals surface area contributed by atoms with Crippen LogP contribution in [0.2, 0.25) is 0 Å².